The number of hydrogen-bond acceptors (Lipinski definition) is 4. The maximum absolute atomic E-state index is 12.0. The third-order valence-electron chi connectivity index (χ3n) is 3.06. The highest BCUT2D eigenvalue weighted by atomic mass is 16.4. The van der Waals surface area contributed by atoms with E-state index in [1.54, 1.807) is 13.8 Å². The van der Waals surface area contributed by atoms with E-state index >= 15 is 0 Å². The van der Waals surface area contributed by atoms with Crippen molar-refractivity contribution in [1.29, 1.82) is 0 Å². The number of aromatic nitrogens is 2. The Labute approximate surface area is 116 Å². The van der Waals surface area contributed by atoms with Crippen LogP contribution < -0.4 is 10.9 Å². The molecule has 0 aliphatic heterocycles. The highest BCUT2D eigenvalue weighted by Crippen LogP contribution is 2.05. The quantitative estimate of drug-likeness (QED) is 0.734. The zero-order valence-electron chi connectivity index (χ0n) is 11.9. The summed E-state index contributed by atoms with van der Waals surface area (Å²) in [4.78, 5) is 34.3. The fraction of sp³-hybridized carbons (Fsp3) is 0.538. The lowest BCUT2D eigenvalue weighted by Gasteiger charge is -2.10. The Balaban J connectivity index is 2.69. The van der Waals surface area contributed by atoms with Gasteiger partial charge in [-0.1, -0.05) is 0 Å². The van der Waals surface area contributed by atoms with E-state index in [1.807, 2.05) is 0 Å². The molecule has 20 heavy (non-hydrogen) atoms. The van der Waals surface area contributed by atoms with Crippen molar-refractivity contribution in [1.82, 2.24) is 15.1 Å². The van der Waals surface area contributed by atoms with Gasteiger partial charge in [-0.05, 0) is 32.3 Å². The molecule has 0 unspecified atom stereocenters. The first-order valence-corrected chi connectivity index (χ1v) is 6.39. The van der Waals surface area contributed by atoms with Gasteiger partial charge in [0.05, 0.1) is 5.69 Å². The van der Waals surface area contributed by atoms with E-state index in [0.29, 0.717) is 30.6 Å². The lowest BCUT2D eigenvalue weighted by atomic mass is 10.1. The number of aliphatic carboxylic acids is 1. The molecule has 2 N–H and O–H groups in total. The minimum absolute atomic E-state index is 0.0744. The normalized spacial score (nSPS) is 10.3. The van der Waals surface area contributed by atoms with Gasteiger partial charge in [-0.15, -0.1) is 0 Å². The fourth-order valence-corrected chi connectivity index (χ4v) is 1.81. The summed E-state index contributed by atoms with van der Waals surface area (Å²) in [5, 5.41) is 15.1. The van der Waals surface area contributed by atoms with Gasteiger partial charge >= 0.3 is 5.97 Å². The number of amides is 1. The molecule has 0 saturated carbocycles. The maximum Gasteiger partial charge on any atom is 0.303 e. The number of unbranched alkanes of at least 4 members (excludes halogenated alkanes) is 1. The summed E-state index contributed by atoms with van der Waals surface area (Å²) >= 11 is 0. The van der Waals surface area contributed by atoms with Crippen molar-refractivity contribution >= 4 is 11.9 Å². The van der Waals surface area contributed by atoms with Crippen molar-refractivity contribution < 1.29 is 14.7 Å². The van der Waals surface area contributed by atoms with Crippen LogP contribution in [0.3, 0.4) is 0 Å². The highest BCUT2D eigenvalue weighted by molar-refractivity contribution is 5.95. The molecule has 0 aliphatic carbocycles. The Hall–Kier alpha value is -2.18. The third kappa shape index (κ3) is 3.91. The average molecular weight is 281 g/mol. The smallest absolute Gasteiger partial charge is 0.303 e. The Morgan fingerprint density at radius 3 is 2.55 bits per heavy atom. The van der Waals surface area contributed by atoms with Gasteiger partial charge in [-0.25, -0.2) is 4.68 Å². The van der Waals surface area contributed by atoms with Crippen molar-refractivity contribution in [3.63, 3.8) is 0 Å². The summed E-state index contributed by atoms with van der Waals surface area (Å²) in [6.07, 6.45) is 1.12. The Morgan fingerprint density at radius 1 is 1.30 bits per heavy atom. The number of aryl methyl sites for hydroxylation is 2. The first-order chi connectivity index (χ1) is 9.34. The molecular weight excluding hydrogens is 262 g/mol. The van der Waals surface area contributed by atoms with Gasteiger partial charge in [0, 0.05) is 20.0 Å². The molecule has 0 aromatic carbocycles. The summed E-state index contributed by atoms with van der Waals surface area (Å²) in [6.45, 7) is 3.76. The molecule has 0 radical (unpaired) electrons. The van der Waals surface area contributed by atoms with E-state index in [1.165, 1.54) is 7.05 Å². The largest absolute Gasteiger partial charge is 0.481 e. The van der Waals surface area contributed by atoms with Crippen LogP contribution in [0.5, 0.6) is 0 Å². The number of nitrogens with zero attached hydrogens (tertiary/aromatic N) is 2. The van der Waals surface area contributed by atoms with E-state index in [0.717, 1.165) is 4.68 Å². The molecule has 110 valence electrons. The molecule has 7 heteroatoms. The number of hydrogen-bond donors (Lipinski definition) is 2. The molecule has 1 aromatic heterocycles. The molecule has 0 aliphatic rings. The molecule has 0 saturated heterocycles. The van der Waals surface area contributed by atoms with Crippen LogP contribution in [-0.2, 0) is 11.8 Å². The molecule has 1 amide bonds. The van der Waals surface area contributed by atoms with E-state index in [-0.39, 0.29) is 12.0 Å². The summed E-state index contributed by atoms with van der Waals surface area (Å²) in [5.41, 5.74) is 0.855. The van der Waals surface area contributed by atoms with Crippen LogP contribution in [0.4, 0.5) is 0 Å². The van der Waals surface area contributed by atoms with Crippen molar-refractivity contribution in [3.05, 3.63) is 27.2 Å². The van der Waals surface area contributed by atoms with Crippen molar-refractivity contribution in [2.45, 2.75) is 33.1 Å². The molecular formula is C13H19N3O4. The summed E-state index contributed by atoms with van der Waals surface area (Å²) in [5.74, 6) is -1.30. The van der Waals surface area contributed by atoms with Crippen LogP contribution in [0, 0.1) is 13.8 Å². The van der Waals surface area contributed by atoms with Gasteiger partial charge in [0.1, 0.15) is 5.56 Å². The first-order valence-electron chi connectivity index (χ1n) is 6.39. The van der Waals surface area contributed by atoms with Gasteiger partial charge in [0.2, 0.25) is 0 Å². The molecule has 0 atom stereocenters. The molecule has 7 nitrogen and oxygen atoms in total. The van der Waals surface area contributed by atoms with Crippen molar-refractivity contribution in [2.75, 3.05) is 6.54 Å². The summed E-state index contributed by atoms with van der Waals surface area (Å²) < 4.78 is 1.14. The number of carboxylic acids is 1. The number of carbonyl (C=O) groups is 2. The Bertz CT molecular complexity index is 578. The Kier molecular flexibility index (Phi) is 5.42. The van der Waals surface area contributed by atoms with Crippen LogP contribution in [0.15, 0.2) is 4.79 Å². The average Bonchev–Trinajstić information content (AvgIpc) is 2.36. The SMILES string of the molecule is Cc1nn(C)c(=O)c(C(=O)NCCCCC(=O)O)c1C. The number of nitrogens with one attached hydrogen (secondary N) is 1. The van der Waals surface area contributed by atoms with E-state index < -0.39 is 17.4 Å². The van der Waals surface area contributed by atoms with Crippen LogP contribution in [0.25, 0.3) is 0 Å². The number of carbonyl (C=O) groups excluding carboxylic acids is 1. The molecule has 1 heterocycles. The van der Waals surface area contributed by atoms with E-state index in [4.69, 9.17) is 5.11 Å². The second-order valence-corrected chi connectivity index (χ2v) is 4.62. The van der Waals surface area contributed by atoms with Gasteiger partial charge in [0.25, 0.3) is 11.5 Å². The molecule has 0 fully saturated rings. The van der Waals surface area contributed by atoms with Crippen molar-refractivity contribution in [2.24, 2.45) is 7.05 Å². The Morgan fingerprint density at radius 2 is 1.95 bits per heavy atom. The van der Waals surface area contributed by atoms with Gasteiger partial charge < -0.3 is 10.4 Å². The first kappa shape index (κ1) is 15.9. The highest BCUT2D eigenvalue weighted by Gasteiger charge is 2.17. The molecule has 0 bridgehead atoms. The topological polar surface area (TPSA) is 101 Å². The van der Waals surface area contributed by atoms with Crippen LogP contribution in [0.2, 0.25) is 0 Å². The summed E-state index contributed by atoms with van der Waals surface area (Å²) in [6, 6.07) is 0. The zero-order chi connectivity index (χ0) is 15.3. The standard InChI is InChI=1S/C13H19N3O4/c1-8-9(2)15-16(3)13(20)11(8)12(19)14-7-5-4-6-10(17)18/h4-7H2,1-3H3,(H,14,19)(H,17,18). The predicted molar refractivity (Wildman–Crippen MR) is 72.8 cm³/mol. The minimum atomic E-state index is -0.856. The second-order valence-electron chi connectivity index (χ2n) is 4.62. The van der Waals surface area contributed by atoms with E-state index in [2.05, 4.69) is 10.4 Å². The van der Waals surface area contributed by atoms with Crippen LogP contribution in [0.1, 0.15) is 40.9 Å². The monoisotopic (exact) mass is 281 g/mol. The number of rotatable bonds is 6. The van der Waals surface area contributed by atoms with Crippen LogP contribution >= 0.6 is 0 Å². The second kappa shape index (κ2) is 6.83. The lowest BCUT2D eigenvalue weighted by Crippen LogP contribution is -2.35. The maximum atomic E-state index is 12.0. The zero-order valence-corrected chi connectivity index (χ0v) is 11.9. The lowest BCUT2D eigenvalue weighted by molar-refractivity contribution is -0.137. The fourth-order valence-electron chi connectivity index (χ4n) is 1.81. The molecule has 0 spiro atoms. The van der Waals surface area contributed by atoms with Crippen molar-refractivity contribution in [3.8, 4) is 0 Å². The van der Waals surface area contributed by atoms with Crippen LogP contribution in [-0.4, -0.2) is 33.3 Å². The summed E-state index contributed by atoms with van der Waals surface area (Å²) in [7, 11) is 1.50. The molecule has 1 rings (SSSR count). The van der Waals surface area contributed by atoms with Gasteiger partial charge in [-0.2, -0.15) is 5.10 Å². The molecule has 1 aromatic rings. The van der Waals surface area contributed by atoms with Gasteiger partial charge in [-0.3, -0.25) is 14.4 Å². The van der Waals surface area contributed by atoms with E-state index in [9.17, 15) is 14.4 Å². The minimum Gasteiger partial charge on any atom is -0.481 e. The van der Waals surface area contributed by atoms with Gasteiger partial charge in [0.15, 0.2) is 0 Å². The number of carboxylic acid groups (broad SMARTS) is 1. The predicted octanol–water partition coefficient (Wildman–Crippen LogP) is 0.382. The third-order valence-corrected chi connectivity index (χ3v) is 3.06.